The van der Waals surface area contributed by atoms with E-state index in [1.54, 1.807) is 19.9 Å². The molecule has 0 saturated heterocycles. The van der Waals surface area contributed by atoms with Crippen molar-refractivity contribution in [3.8, 4) is 5.88 Å². The lowest BCUT2D eigenvalue weighted by atomic mass is 10.1. The lowest BCUT2D eigenvalue weighted by Gasteiger charge is -2.17. The van der Waals surface area contributed by atoms with Gasteiger partial charge in [0.25, 0.3) is 0 Å². The molecule has 4 nitrogen and oxygen atoms in total. The molecule has 22 heavy (non-hydrogen) atoms. The minimum absolute atomic E-state index is 0.0580. The third kappa shape index (κ3) is 6.18. The van der Waals surface area contributed by atoms with Crippen molar-refractivity contribution in [2.45, 2.75) is 65.2 Å². The van der Waals surface area contributed by atoms with Crippen LogP contribution in [0.4, 0.5) is 0 Å². The van der Waals surface area contributed by atoms with Gasteiger partial charge in [0.15, 0.2) is 9.84 Å². The predicted octanol–water partition coefficient (Wildman–Crippen LogP) is 3.97. The Bertz CT molecular complexity index is 586. The molecule has 0 amide bonds. The summed E-state index contributed by atoms with van der Waals surface area (Å²) in [5, 5.41) is 0.911. The highest BCUT2D eigenvalue weighted by molar-refractivity contribution is 7.94. The van der Waals surface area contributed by atoms with Crippen molar-refractivity contribution in [2.75, 3.05) is 0 Å². The zero-order valence-electron chi connectivity index (χ0n) is 14.2. The summed E-state index contributed by atoms with van der Waals surface area (Å²) in [6.45, 7) is 9.38. The van der Waals surface area contributed by atoms with Gasteiger partial charge in [-0.25, -0.2) is 13.4 Å². The number of aromatic nitrogens is 1. The number of hydrogen-bond acceptors (Lipinski definition) is 4. The molecular weight excluding hydrogens is 298 g/mol. The van der Waals surface area contributed by atoms with Gasteiger partial charge in [0.2, 0.25) is 5.88 Å². The topological polar surface area (TPSA) is 56.3 Å². The Labute approximate surface area is 134 Å². The third-order valence-electron chi connectivity index (χ3n) is 3.31. The van der Waals surface area contributed by atoms with Gasteiger partial charge in [0, 0.05) is 23.6 Å². The Morgan fingerprint density at radius 1 is 1.27 bits per heavy atom. The van der Waals surface area contributed by atoms with Crippen molar-refractivity contribution < 1.29 is 13.2 Å². The first-order chi connectivity index (χ1) is 10.2. The molecule has 0 aliphatic rings. The Balaban J connectivity index is 2.76. The van der Waals surface area contributed by atoms with Gasteiger partial charge in [-0.2, -0.15) is 0 Å². The standard InChI is InChI=1S/C17H27NO3S/c1-6-8-16(9-7-10-22(19,20)13(2)3)21-17-12-14(4)11-15(5)18-17/h7,10-13,16H,6,8-9H2,1-5H3/b10-7+/t16-/m1/s1. The molecule has 124 valence electrons. The molecule has 0 N–H and O–H groups in total. The molecule has 0 spiro atoms. The Morgan fingerprint density at radius 2 is 1.95 bits per heavy atom. The van der Waals surface area contributed by atoms with E-state index in [9.17, 15) is 8.42 Å². The maximum Gasteiger partial charge on any atom is 0.213 e. The van der Waals surface area contributed by atoms with Crippen LogP contribution in [0.5, 0.6) is 5.88 Å². The number of nitrogens with zero attached hydrogens (tertiary/aromatic N) is 1. The molecule has 0 fully saturated rings. The van der Waals surface area contributed by atoms with Crippen LogP contribution in [0.1, 0.15) is 51.3 Å². The van der Waals surface area contributed by atoms with Crippen molar-refractivity contribution in [1.82, 2.24) is 4.98 Å². The first kappa shape index (κ1) is 18.7. The van der Waals surface area contributed by atoms with Crippen LogP contribution in [-0.4, -0.2) is 24.8 Å². The summed E-state index contributed by atoms with van der Waals surface area (Å²) in [5.74, 6) is 0.607. The van der Waals surface area contributed by atoms with Crippen molar-refractivity contribution >= 4 is 9.84 Å². The molecule has 0 saturated carbocycles. The maximum absolute atomic E-state index is 11.8. The lowest BCUT2D eigenvalue weighted by Crippen LogP contribution is -2.17. The number of ether oxygens (including phenoxy) is 1. The Hall–Kier alpha value is -1.36. The normalized spacial score (nSPS) is 13.7. The lowest BCUT2D eigenvalue weighted by molar-refractivity contribution is 0.185. The summed E-state index contributed by atoms with van der Waals surface area (Å²) in [5.41, 5.74) is 2.03. The number of sulfone groups is 1. The average Bonchev–Trinajstić information content (AvgIpc) is 2.37. The van der Waals surface area contributed by atoms with Crippen LogP contribution in [-0.2, 0) is 9.84 Å². The number of hydrogen-bond donors (Lipinski definition) is 0. The summed E-state index contributed by atoms with van der Waals surface area (Å²) < 4.78 is 29.5. The second-order valence-electron chi connectivity index (χ2n) is 5.90. The van der Waals surface area contributed by atoms with Crippen molar-refractivity contribution in [1.29, 1.82) is 0 Å². The number of rotatable bonds is 8. The fraction of sp³-hybridized carbons (Fsp3) is 0.588. The van der Waals surface area contributed by atoms with Crippen molar-refractivity contribution in [2.24, 2.45) is 0 Å². The van der Waals surface area contributed by atoms with Crippen molar-refractivity contribution in [3.63, 3.8) is 0 Å². The van der Waals surface area contributed by atoms with E-state index in [1.165, 1.54) is 5.41 Å². The smallest absolute Gasteiger partial charge is 0.213 e. The molecular formula is C17H27NO3S. The fourth-order valence-electron chi connectivity index (χ4n) is 2.08. The summed E-state index contributed by atoms with van der Waals surface area (Å²) >= 11 is 0. The maximum atomic E-state index is 11.8. The molecule has 1 atom stereocenters. The van der Waals surface area contributed by atoms with E-state index in [1.807, 2.05) is 26.0 Å². The highest BCUT2D eigenvalue weighted by atomic mass is 32.2. The molecule has 1 aromatic heterocycles. The van der Waals surface area contributed by atoms with E-state index in [0.717, 1.165) is 24.1 Å². The van der Waals surface area contributed by atoms with Gasteiger partial charge in [0.1, 0.15) is 6.10 Å². The second-order valence-corrected chi connectivity index (χ2v) is 8.29. The summed E-state index contributed by atoms with van der Waals surface area (Å²) in [7, 11) is -3.15. The van der Waals surface area contributed by atoms with Crippen molar-refractivity contribution in [3.05, 3.63) is 34.9 Å². The van der Waals surface area contributed by atoms with Crippen LogP contribution in [0.15, 0.2) is 23.6 Å². The van der Waals surface area contributed by atoms with E-state index in [2.05, 4.69) is 11.9 Å². The van der Waals surface area contributed by atoms with Crippen LogP contribution in [0.3, 0.4) is 0 Å². The van der Waals surface area contributed by atoms with Crippen LogP contribution >= 0.6 is 0 Å². The van der Waals surface area contributed by atoms with E-state index in [0.29, 0.717) is 12.3 Å². The van der Waals surface area contributed by atoms with Gasteiger partial charge in [-0.1, -0.05) is 19.4 Å². The van der Waals surface area contributed by atoms with Gasteiger partial charge in [-0.15, -0.1) is 0 Å². The molecule has 1 aromatic rings. The molecule has 0 unspecified atom stereocenters. The highest BCUT2D eigenvalue weighted by Crippen LogP contribution is 2.17. The minimum Gasteiger partial charge on any atom is -0.474 e. The van der Waals surface area contributed by atoms with Gasteiger partial charge in [-0.3, -0.25) is 0 Å². The average molecular weight is 325 g/mol. The highest BCUT2D eigenvalue weighted by Gasteiger charge is 2.13. The number of pyridine rings is 1. The van der Waals surface area contributed by atoms with Gasteiger partial charge < -0.3 is 4.74 Å². The first-order valence-corrected chi connectivity index (χ1v) is 9.38. The molecule has 5 heteroatoms. The molecule has 0 aliphatic heterocycles. The monoisotopic (exact) mass is 325 g/mol. The second kappa shape index (κ2) is 8.32. The van der Waals surface area contributed by atoms with Crippen LogP contribution in [0.2, 0.25) is 0 Å². The Morgan fingerprint density at radius 3 is 2.50 bits per heavy atom. The minimum atomic E-state index is -3.15. The molecule has 0 radical (unpaired) electrons. The summed E-state index contributed by atoms with van der Waals surface area (Å²) in [4.78, 5) is 4.38. The predicted molar refractivity (Wildman–Crippen MR) is 90.8 cm³/mol. The summed E-state index contributed by atoms with van der Waals surface area (Å²) in [6, 6.07) is 3.90. The SMILES string of the molecule is CCC[C@H](C/C=C/S(=O)(=O)C(C)C)Oc1cc(C)cc(C)n1. The first-order valence-electron chi connectivity index (χ1n) is 7.77. The van der Waals surface area contributed by atoms with E-state index < -0.39 is 15.1 Å². The zero-order chi connectivity index (χ0) is 16.8. The third-order valence-corrected chi connectivity index (χ3v) is 5.20. The van der Waals surface area contributed by atoms with Gasteiger partial charge in [-0.05, 0) is 45.7 Å². The molecule has 0 aliphatic carbocycles. The Kier molecular flexibility index (Phi) is 7.07. The number of aryl methyl sites for hydroxylation is 2. The largest absolute Gasteiger partial charge is 0.474 e. The van der Waals surface area contributed by atoms with Gasteiger partial charge in [0.05, 0.1) is 5.25 Å². The zero-order valence-corrected chi connectivity index (χ0v) is 15.0. The van der Waals surface area contributed by atoms with Crippen LogP contribution in [0, 0.1) is 13.8 Å². The fourth-order valence-corrected chi connectivity index (χ4v) is 2.77. The molecule has 0 bridgehead atoms. The van der Waals surface area contributed by atoms with E-state index >= 15 is 0 Å². The molecule has 1 rings (SSSR count). The molecule has 0 aromatic carbocycles. The van der Waals surface area contributed by atoms with Crippen LogP contribution < -0.4 is 4.74 Å². The quantitative estimate of drug-likeness (QED) is 0.725. The summed E-state index contributed by atoms with van der Waals surface area (Å²) in [6.07, 6.45) is 4.03. The van der Waals surface area contributed by atoms with Crippen LogP contribution in [0.25, 0.3) is 0 Å². The molecule has 1 heterocycles. The van der Waals surface area contributed by atoms with Gasteiger partial charge >= 0.3 is 0 Å². The van der Waals surface area contributed by atoms with E-state index in [-0.39, 0.29) is 6.10 Å². The van der Waals surface area contributed by atoms with E-state index in [4.69, 9.17) is 4.74 Å².